The molecule has 20 heavy (non-hydrogen) atoms. The normalized spacial score (nSPS) is 17.6. The zero-order valence-corrected chi connectivity index (χ0v) is 12.3. The lowest BCUT2D eigenvalue weighted by molar-refractivity contribution is -0.121. The summed E-state index contributed by atoms with van der Waals surface area (Å²) in [5, 5.41) is 3.16. The first kappa shape index (κ1) is 14.8. The molecule has 1 heterocycles. The summed E-state index contributed by atoms with van der Waals surface area (Å²) in [5.41, 5.74) is 11.0. The van der Waals surface area contributed by atoms with Crippen molar-refractivity contribution in [1.82, 2.24) is 20.3 Å². The fourth-order valence-corrected chi connectivity index (χ4v) is 3.00. The first-order chi connectivity index (χ1) is 9.54. The predicted molar refractivity (Wildman–Crippen MR) is 79.0 cm³/mol. The first-order valence-corrected chi connectivity index (χ1v) is 7.66. The summed E-state index contributed by atoms with van der Waals surface area (Å²) in [6, 6.07) is 0.299. The van der Waals surface area contributed by atoms with Crippen molar-refractivity contribution < 1.29 is 4.79 Å². The van der Waals surface area contributed by atoms with Gasteiger partial charge in [-0.25, -0.2) is 0 Å². The fraction of sp³-hybridized carbons (Fsp3) is 0.667. The molecule has 8 heteroatoms. The van der Waals surface area contributed by atoms with Crippen LogP contribution < -0.4 is 16.8 Å². The maximum Gasteiger partial charge on any atom is 0.233 e. The Hall–Kier alpha value is -1.57. The van der Waals surface area contributed by atoms with Crippen LogP contribution in [0.15, 0.2) is 5.16 Å². The van der Waals surface area contributed by atoms with Gasteiger partial charge in [-0.3, -0.25) is 4.79 Å². The minimum atomic E-state index is -0.293. The molecule has 1 aliphatic carbocycles. The Balaban J connectivity index is 1.89. The Morgan fingerprint density at radius 1 is 1.20 bits per heavy atom. The number of carbonyl (C=O) groups is 1. The van der Waals surface area contributed by atoms with Crippen LogP contribution in [0.3, 0.4) is 0 Å². The lowest BCUT2D eigenvalue weighted by Crippen LogP contribution is -2.40. The molecule has 1 aromatic rings. The van der Waals surface area contributed by atoms with Crippen molar-refractivity contribution in [2.45, 2.75) is 55.5 Å². The zero-order chi connectivity index (χ0) is 14.5. The van der Waals surface area contributed by atoms with Crippen molar-refractivity contribution in [2.24, 2.45) is 0 Å². The lowest BCUT2D eigenvalue weighted by atomic mass is 9.95. The number of nitrogens with zero attached hydrogens (tertiary/aromatic N) is 3. The van der Waals surface area contributed by atoms with Crippen LogP contribution in [0, 0.1) is 0 Å². The number of hydrogen-bond acceptors (Lipinski definition) is 7. The molecule has 1 atom stereocenters. The maximum atomic E-state index is 12.1. The fourth-order valence-electron chi connectivity index (χ4n) is 2.22. The van der Waals surface area contributed by atoms with Gasteiger partial charge in [0.15, 0.2) is 5.16 Å². The molecule has 0 saturated heterocycles. The van der Waals surface area contributed by atoms with E-state index in [9.17, 15) is 4.79 Å². The number of thioether (sulfide) groups is 1. The van der Waals surface area contributed by atoms with Crippen LogP contribution in [0.25, 0.3) is 0 Å². The maximum absolute atomic E-state index is 12.1. The van der Waals surface area contributed by atoms with Crippen LogP contribution in [0.1, 0.15) is 39.0 Å². The van der Waals surface area contributed by atoms with E-state index in [1.165, 1.54) is 31.0 Å². The predicted octanol–water partition coefficient (Wildman–Crippen LogP) is 0.965. The number of rotatable bonds is 4. The van der Waals surface area contributed by atoms with Crippen LogP contribution in [-0.2, 0) is 4.79 Å². The van der Waals surface area contributed by atoms with Crippen LogP contribution in [0.5, 0.6) is 0 Å². The Kier molecular flexibility index (Phi) is 4.99. The van der Waals surface area contributed by atoms with Crippen molar-refractivity contribution in [3.8, 4) is 0 Å². The molecule has 0 radical (unpaired) electrons. The van der Waals surface area contributed by atoms with Gasteiger partial charge in [-0.1, -0.05) is 31.0 Å². The van der Waals surface area contributed by atoms with E-state index in [0.717, 1.165) is 12.8 Å². The number of hydrogen-bond donors (Lipinski definition) is 3. The van der Waals surface area contributed by atoms with Crippen molar-refractivity contribution in [1.29, 1.82) is 0 Å². The van der Waals surface area contributed by atoms with Gasteiger partial charge in [-0.2, -0.15) is 15.0 Å². The van der Waals surface area contributed by atoms with Gasteiger partial charge in [0.2, 0.25) is 17.8 Å². The summed E-state index contributed by atoms with van der Waals surface area (Å²) in [5.74, 6) is 0.138. The van der Waals surface area contributed by atoms with E-state index < -0.39 is 0 Å². The average molecular weight is 296 g/mol. The van der Waals surface area contributed by atoms with E-state index in [4.69, 9.17) is 11.5 Å². The second-order valence-electron chi connectivity index (χ2n) is 4.94. The molecule has 1 saturated carbocycles. The van der Waals surface area contributed by atoms with Gasteiger partial charge in [-0.15, -0.1) is 0 Å². The number of aromatic nitrogens is 3. The minimum absolute atomic E-state index is 0.000505. The molecular formula is C12H20N6OS. The topological polar surface area (TPSA) is 120 Å². The second-order valence-corrected chi connectivity index (χ2v) is 6.25. The molecule has 0 aliphatic heterocycles. The summed E-state index contributed by atoms with van der Waals surface area (Å²) in [6.07, 6.45) is 5.77. The van der Waals surface area contributed by atoms with E-state index in [1.54, 1.807) is 0 Å². The summed E-state index contributed by atoms with van der Waals surface area (Å²) >= 11 is 1.23. The third-order valence-corrected chi connectivity index (χ3v) is 4.21. The third-order valence-electron chi connectivity index (χ3n) is 3.25. The molecule has 0 bridgehead atoms. The Morgan fingerprint density at radius 2 is 1.80 bits per heavy atom. The molecule has 110 valence electrons. The SMILES string of the molecule is C[C@@H](Sc1nc(N)nc(N)n1)C(=O)NC1CCCCC1. The molecule has 1 fully saturated rings. The van der Waals surface area contributed by atoms with Crippen molar-refractivity contribution in [3.63, 3.8) is 0 Å². The number of carbonyl (C=O) groups excluding carboxylic acids is 1. The molecule has 5 N–H and O–H groups in total. The monoisotopic (exact) mass is 296 g/mol. The zero-order valence-electron chi connectivity index (χ0n) is 11.5. The van der Waals surface area contributed by atoms with Crippen LogP contribution in [0.2, 0.25) is 0 Å². The van der Waals surface area contributed by atoms with Crippen LogP contribution in [-0.4, -0.2) is 32.2 Å². The number of anilines is 2. The van der Waals surface area contributed by atoms with Crippen molar-refractivity contribution in [3.05, 3.63) is 0 Å². The molecule has 2 rings (SSSR count). The van der Waals surface area contributed by atoms with Gasteiger partial charge in [-0.05, 0) is 19.8 Å². The standard InChI is InChI=1S/C12H20N6OS/c1-7(9(19)15-8-5-3-2-4-6-8)20-12-17-10(13)16-11(14)18-12/h7-8H,2-6H2,1H3,(H,15,19)(H4,13,14,16,17,18)/t7-/m1/s1. The summed E-state index contributed by atoms with van der Waals surface area (Å²) in [7, 11) is 0. The molecule has 1 aromatic heterocycles. The van der Waals surface area contributed by atoms with E-state index in [2.05, 4.69) is 20.3 Å². The average Bonchev–Trinajstić information content (AvgIpc) is 2.38. The van der Waals surface area contributed by atoms with Gasteiger partial charge in [0.25, 0.3) is 0 Å². The van der Waals surface area contributed by atoms with Gasteiger partial charge in [0.1, 0.15) is 0 Å². The highest BCUT2D eigenvalue weighted by molar-refractivity contribution is 8.00. The van der Waals surface area contributed by atoms with Gasteiger partial charge < -0.3 is 16.8 Å². The molecule has 7 nitrogen and oxygen atoms in total. The molecular weight excluding hydrogens is 276 g/mol. The highest BCUT2D eigenvalue weighted by Crippen LogP contribution is 2.22. The molecule has 1 aliphatic rings. The minimum Gasteiger partial charge on any atom is -0.368 e. The second kappa shape index (κ2) is 6.74. The Bertz CT molecular complexity index is 457. The highest BCUT2D eigenvalue weighted by Gasteiger charge is 2.21. The number of nitrogens with two attached hydrogens (primary N) is 2. The van der Waals surface area contributed by atoms with Gasteiger partial charge in [0.05, 0.1) is 5.25 Å². The third kappa shape index (κ3) is 4.22. The molecule has 0 aromatic carbocycles. The smallest absolute Gasteiger partial charge is 0.233 e. The van der Waals surface area contributed by atoms with Crippen LogP contribution in [0.4, 0.5) is 11.9 Å². The first-order valence-electron chi connectivity index (χ1n) is 6.78. The lowest BCUT2D eigenvalue weighted by Gasteiger charge is -2.24. The largest absolute Gasteiger partial charge is 0.368 e. The van der Waals surface area contributed by atoms with Crippen molar-refractivity contribution >= 4 is 29.6 Å². The highest BCUT2D eigenvalue weighted by atomic mass is 32.2. The van der Waals surface area contributed by atoms with Gasteiger partial charge >= 0.3 is 0 Å². The molecule has 1 amide bonds. The van der Waals surface area contributed by atoms with E-state index in [0.29, 0.717) is 11.2 Å². The van der Waals surface area contributed by atoms with Crippen LogP contribution >= 0.6 is 11.8 Å². The number of nitrogens with one attached hydrogen (secondary N) is 1. The van der Waals surface area contributed by atoms with E-state index in [1.807, 2.05) is 6.92 Å². The quantitative estimate of drug-likeness (QED) is 0.708. The van der Waals surface area contributed by atoms with E-state index in [-0.39, 0.29) is 23.1 Å². The Morgan fingerprint density at radius 3 is 2.40 bits per heavy atom. The van der Waals surface area contributed by atoms with Gasteiger partial charge in [0, 0.05) is 6.04 Å². The van der Waals surface area contributed by atoms with E-state index >= 15 is 0 Å². The number of nitrogen functional groups attached to an aromatic ring is 2. The Labute approximate surface area is 122 Å². The molecule has 0 unspecified atom stereocenters. The summed E-state index contributed by atoms with van der Waals surface area (Å²) in [4.78, 5) is 23.7. The number of amides is 1. The summed E-state index contributed by atoms with van der Waals surface area (Å²) < 4.78 is 0. The van der Waals surface area contributed by atoms with Crippen molar-refractivity contribution in [2.75, 3.05) is 11.5 Å². The molecule has 0 spiro atoms. The summed E-state index contributed by atoms with van der Waals surface area (Å²) in [6.45, 7) is 1.82.